The Morgan fingerprint density at radius 2 is 2.03 bits per heavy atom. The van der Waals surface area contributed by atoms with Crippen LogP contribution in [-0.2, 0) is 4.79 Å². The summed E-state index contributed by atoms with van der Waals surface area (Å²) in [7, 11) is 0. The van der Waals surface area contributed by atoms with Crippen LogP contribution in [0.15, 0.2) is 45.7 Å². The van der Waals surface area contributed by atoms with Crippen molar-refractivity contribution in [1.82, 2.24) is 9.97 Å². The average molecular weight is 430 g/mol. The zero-order valence-corrected chi connectivity index (χ0v) is 17.4. The molecule has 5 N–H and O–H groups in total. The van der Waals surface area contributed by atoms with Crippen LogP contribution in [0.5, 0.6) is 0 Å². The van der Waals surface area contributed by atoms with E-state index in [1.54, 1.807) is 17.5 Å². The number of thioether (sulfide) groups is 1. The zero-order chi connectivity index (χ0) is 21.0. The molecule has 0 saturated heterocycles. The van der Waals surface area contributed by atoms with Gasteiger partial charge in [-0.2, -0.15) is 0 Å². The Morgan fingerprint density at radius 1 is 1.24 bits per heavy atom. The molecule has 1 aromatic carbocycles. The van der Waals surface area contributed by atoms with E-state index < -0.39 is 11.5 Å². The van der Waals surface area contributed by atoms with E-state index in [-0.39, 0.29) is 28.3 Å². The summed E-state index contributed by atoms with van der Waals surface area (Å²) >= 11 is 2.29. The normalized spacial score (nSPS) is 10.6. The van der Waals surface area contributed by atoms with Crippen molar-refractivity contribution in [2.45, 2.75) is 19.0 Å². The van der Waals surface area contributed by atoms with Gasteiger partial charge in [-0.25, -0.2) is 4.98 Å². The first-order valence-electron chi connectivity index (χ1n) is 8.58. The van der Waals surface area contributed by atoms with Crippen molar-refractivity contribution in [2.75, 3.05) is 22.1 Å². The molecule has 3 aromatic rings. The maximum Gasteiger partial charge on any atom is 0.277 e. The predicted octanol–water partition coefficient (Wildman–Crippen LogP) is 3.01. The molecule has 0 aliphatic heterocycles. The van der Waals surface area contributed by atoms with Gasteiger partial charge in [0, 0.05) is 5.69 Å². The van der Waals surface area contributed by atoms with Gasteiger partial charge in [0.2, 0.25) is 5.91 Å². The highest BCUT2D eigenvalue weighted by molar-refractivity contribution is 7.99. The van der Waals surface area contributed by atoms with Crippen LogP contribution in [0.2, 0.25) is 0 Å². The van der Waals surface area contributed by atoms with Crippen molar-refractivity contribution in [3.63, 3.8) is 0 Å². The molecule has 150 valence electrons. The standard InChI is InChI=1S/C19H19N5O3S2/c1-10-5-6-11(2)12(8-10)21-14(25)9-29-19-23-16(20)15(18(27)24-19)22-17(26)13-4-3-7-28-13/h3-8H,9H2,1-2H3,(H,21,25)(H,22,26)(H3,20,23,24,27). The third kappa shape index (κ3) is 5.24. The van der Waals surface area contributed by atoms with Gasteiger partial charge in [0.15, 0.2) is 16.7 Å². The molecule has 0 bridgehead atoms. The lowest BCUT2D eigenvalue weighted by Gasteiger charge is -2.10. The Labute approximate surface area is 174 Å². The van der Waals surface area contributed by atoms with Crippen LogP contribution in [0.25, 0.3) is 0 Å². The number of carbonyl (C=O) groups is 2. The minimum absolute atomic E-state index is 0.0384. The van der Waals surface area contributed by atoms with E-state index in [0.29, 0.717) is 4.88 Å². The fourth-order valence-electron chi connectivity index (χ4n) is 2.43. The number of H-pyrrole nitrogens is 1. The van der Waals surface area contributed by atoms with Crippen molar-refractivity contribution in [3.8, 4) is 0 Å². The number of nitrogens with zero attached hydrogens (tertiary/aromatic N) is 1. The maximum absolute atomic E-state index is 12.3. The topological polar surface area (TPSA) is 130 Å². The Balaban J connectivity index is 1.64. The van der Waals surface area contributed by atoms with E-state index in [2.05, 4.69) is 20.6 Å². The summed E-state index contributed by atoms with van der Waals surface area (Å²) in [6.07, 6.45) is 0. The van der Waals surface area contributed by atoms with Gasteiger partial charge in [-0.15, -0.1) is 11.3 Å². The molecule has 0 atom stereocenters. The number of hydrogen-bond donors (Lipinski definition) is 4. The van der Waals surface area contributed by atoms with E-state index >= 15 is 0 Å². The number of anilines is 3. The van der Waals surface area contributed by atoms with Crippen molar-refractivity contribution < 1.29 is 9.59 Å². The maximum atomic E-state index is 12.3. The number of nitrogens with two attached hydrogens (primary N) is 1. The molecule has 2 heterocycles. The lowest BCUT2D eigenvalue weighted by molar-refractivity contribution is -0.113. The number of hydrogen-bond acceptors (Lipinski definition) is 7. The second kappa shape index (κ2) is 8.93. The first-order chi connectivity index (χ1) is 13.8. The molecule has 0 fully saturated rings. The fourth-order valence-corrected chi connectivity index (χ4v) is 3.72. The number of rotatable bonds is 6. The largest absolute Gasteiger partial charge is 0.382 e. The highest BCUT2D eigenvalue weighted by atomic mass is 32.2. The molecule has 0 radical (unpaired) electrons. The molecule has 0 saturated carbocycles. The van der Waals surface area contributed by atoms with Crippen LogP contribution in [0.4, 0.5) is 17.2 Å². The van der Waals surface area contributed by atoms with Gasteiger partial charge in [-0.3, -0.25) is 19.4 Å². The van der Waals surface area contributed by atoms with E-state index in [1.807, 2.05) is 32.0 Å². The van der Waals surface area contributed by atoms with Gasteiger partial charge >= 0.3 is 0 Å². The zero-order valence-electron chi connectivity index (χ0n) is 15.7. The summed E-state index contributed by atoms with van der Waals surface area (Å²) in [5, 5.41) is 7.25. The smallest absolute Gasteiger partial charge is 0.277 e. The van der Waals surface area contributed by atoms with Crippen LogP contribution in [0.3, 0.4) is 0 Å². The number of benzene rings is 1. The molecule has 2 aromatic heterocycles. The Morgan fingerprint density at radius 3 is 2.72 bits per heavy atom. The number of carbonyl (C=O) groups excluding carboxylic acids is 2. The molecule has 0 aliphatic rings. The molecule has 3 rings (SSSR count). The summed E-state index contributed by atoms with van der Waals surface area (Å²) in [6.45, 7) is 3.85. The molecule has 0 spiro atoms. The molecular formula is C19H19N5O3S2. The monoisotopic (exact) mass is 429 g/mol. The summed E-state index contributed by atoms with van der Waals surface area (Å²) in [5.41, 5.74) is 7.87. The molecule has 0 aliphatic carbocycles. The number of nitrogens with one attached hydrogen (secondary N) is 3. The number of nitrogen functional groups attached to an aromatic ring is 1. The SMILES string of the molecule is Cc1ccc(C)c(NC(=O)CSc2nc(N)c(NC(=O)c3cccs3)c(=O)[nH]2)c1. The van der Waals surface area contributed by atoms with Gasteiger partial charge in [-0.1, -0.05) is 30.0 Å². The van der Waals surface area contributed by atoms with Crippen LogP contribution in [-0.4, -0.2) is 27.5 Å². The third-order valence-corrected chi connectivity index (χ3v) is 5.66. The average Bonchev–Trinajstić information content (AvgIpc) is 3.21. The Hall–Kier alpha value is -3.11. The van der Waals surface area contributed by atoms with Gasteiger partial charge in [0.05, 0.1) is 10.6 Å². The second-order valence-electron chi connectivity index (χ2n) is 6.22. The molecule has 10 heteroatoms. The summed E-state index contributed by atoms with van der Waals surface area (Å²) in [5.74, 6) is -0.750. The van der Waals surface area contributed by atoms with Gasteiger partial charge in [0.1, 0.15) is 0 Å². The quantitative estimate of drug-likeness (QED) is 0.352. The minimum Gasteiger partial charge on any atom is -0.382 e. The van der Waals surface area contributed by atoms with Gasteiger partial charge in [0.25, 0.3) is 11.5 Å². The van der Waals surface area contributed by atoms with E-state index in [9.17, 15) is 14.4 Å². The van der Waals surface area contributed by atoms with Crippen LogP contribution >= 0.6 is 23.1 Å². The van der Waals surface area contributed by atoms with Crippen LogP contribution < -0.4 is 21.9 Å². The fraction of sp³-hybridized carbons (Fsp3) is 0.158. The minimum atomic E-state index is -0.583. The van der Waals surface area contributed by atoms with Crippen LogP contribution in [0.1, 0.15) is 20.8 Å². The molecule has 29 heavy (non-hydrogen) atoms. The number of aryl methyl sites for hydroxylation is 2. The summed E-state index contributed by atoms with van der Waals surface area (Å²) in [4.78, 5) is 43.7. The van der Waals surface area contributed by atoms with Crippen molar-refractivity contribution >= 4 is 52.1 Å². The van der Waals surface area contributed by atoms with Crippen molar-refractivity contribution in [2.24, 2.45) is 0 Å². The van der Waals surface area contributed by atoms with Gasteiger partial charge < -0.3 is 16.4 Å². The van der Waals surface area contributed by atoms with Crippen LogP contribution in [0, 0.1) is 13.8 Å². The number of amides is 2. The molecule has 2 amide bonds. The lowest BCUT2D eigenvalue weighted by atomic mass is 10.1. The molecular weight excluding hydrogens is 410 g/mol. The first-order valence-corrected chi connectivity index (χ1v) is 10.4. The van der Waals surface area contributed by atoms with Gasteiger partial charge in [-0.05, 0) is 42.5 Å². The van der Waals surface area contributed by atoms with Crippen molar-refractivity contribution in [1.29, 1.82) is 0 Å². The lowest BCUT2D eigenvalue weighted by Crippen LogP contribution is -2.23. The first kappa shape index (κ1) is 20.6. The van der Waals surface area contributed by atoms with E-state index in [1.165, 1.54) is 11.3 Å². The highest BCUT2D eigenvalue weighted by Gasteiger charge is 2.15. The second-order valence-corrected chi connectivity index (χ2v) is 8.13. The summed E-state index contributed by atoms with van der Waals surface area (Å²) in [6, 6.07) is 9.16. The van der Waals surface area contributed by atoms with Crippen molar-refractivity contribution in [3.05, 3.63) is 62.1 Å². The third-order valence-electron chi connectivity index (χ3n) is 3.92. The molecule has 8 nitrogen and oxygen atoms in total. The number of aromatic nitrogens is 2. The summed E-state index contributed by atoms with van der Waals surface area (Å²) < 4.78 is 0. The number of thiophene rings is 1. The highest BCUT2D eigenvalue weighted by Crippen LogP contribution is 2.20. The Kier molecular flexibility index (Phi) is 6.35. The number of aromatic amines is 1. The molecule has 0 unspecified atom stereocenters. The predicted molar refractivity (Wildman–Crippen MR) is 117 cm³/mol. The Bertz CT molecular complexity index is 1110. The van der Waals surface area contributed by atoms with E-state index in [0.717, 1.165) is 28.6 Å². The van der Waals surface area contributed by atoms with E-state index in [4.69, 9.17) is 5.73 Å².